The molecule has 1 aromatic rings. The molecule has 11 heteroatoms. The van der Waals surface area contributed by atoms with Crippen LogP contribution in [0.2, 0.25) is 0 Å². The fourth-order valence-electron chi connectivity index (χ4n) is 2.82. The number of aliphatic hydroxyl groups excluding tert-OH is 1. The maximum Gasteiger partial charge on any atom is 0.255 e. The van der Waals surface area contributed by atoms with Crippen molar-refractivity contribution >= 4 is 11.6 Å². The summed E-state index contributed by atoms with van der Waals surface area (Å²) in [4.78, 5) is 13.1. The molecule has 0 heterocycles. The van der Waals surface area contributed by atoms with Gasteiger partial charge in [0.15, 0.2) is 0 Å². The van der Waals surface area contributed by atoms with Gasteiger partial charge in [0.25, 0.3) is 5.91 Å². The number of nitrogens with one attached hydrogen (secondary N) is 4. The maximum atomic E-state index is 13.1. The molecule has 1 aromatic carbocycles. The summed E-state index contributed by atoms with van der Waals surface area (Å²) in [5.41, 5.74) is 11.5. The smallest absolute Gasteiger partial charge is 0.255 e. The van der Waals surface area contributed by atoms with Gasteiger partial charge < -0.3 is 32.1 Å². The molecule has 0 aromatic heterocycles. The third-order valence-corrected chi connectivity index (χ3v) is 4.38. The van der Waals surface area contributed by atoms with Crippen LogP contribution in [-0.2, 0) is 0 Å². The van der Waals surface area contributed by atoms with Crippen molar-refractivity contribution in [2.45, 2.75) is 45.6 Å². The summed E-state index contributed by atoms with van der Waals surface area (Å²) in [7, 11) is 1.78. The van der Waals surface area contributed by atoms with E-state index in [0.717, 1.165) is 24.9 Å². The van der Waals surface area contributed by atoms with E-state index in [1.165, 1.54) is 6.20 Å². The highest BCUT2D eigenvalue weighted by atomic mass is 16.5. The maximum absolute atomic E-state index is 13.1. The monoisotopic (exact) mass is 436 g/mol. The Morgan fingerprint density at radius 2 is 2.06 bits per heavy atom. The van der Waals surface area contributed by atoms with Crippen molar-refractivity contribution in [3.8, 4) is 5.75 Å². The van der Waals surface area contributed by atoms with Gasteiger partial charge in [-0.15, -0.1) is 0 Å². The predicted molar refractivity (Wildman–Crippen MR) is 121 cm³/mol. The number of aliphatic hydroxyl groups is 1. The fraction of sp³-hybridized carbons (Fsp3) is 0.550. The summed E-state index contributed by atoms with van der Waals surface area (Å²) >= 11 is 0. The molecule has 1 amide bonds. The topological polar surface area (TPSA) is 171 Å². The van der Waals surface area contributed by atoms with Crippen LogP contribution >= 0.6 is 0 Å². The van der Waals surface area contributed by atoms with Crippen LogP contribution in [0.4, 0.5) is 5.69 Å². The van der Waals surface area contributed by atoms with Crippen LogP contribution in [0.1, 0.15) is 49.9 Å². The Balaban J connectivity index is 2.96. The number of benzene rings is 1. The summed E-state index contributed by atoms with van der Waals surface area (Å²) in [6.45, 7) is 5.14. The molecule has 11 nitrogen and oxygen atoms in total. The number of hydrogen-bond acceptors (Lipinski definition) is 8. The van der Waals surface area contributed by atoms with E-state index in [1.54, 1.807) is 19.2 Å². The van der Waals surface area contributed by atoms with Crippen molar-refractivity contribution < 1.29 is 14.6 Å². The Morgan fingerprint density at radius 1 is 1.29 bits per heavy atom. The molecule has 0 bridgehead atoms. The summed E-state index contributed by atoms with van der Waals surface area (Å²) in [6.07, 6.45) is 4.56. The molecule has 0 aliphatic rings. The SMILES string of the molecule is CNc1ccc(OCCCCCN)c(C(=O)N[C@@H](CC(C)C)C(O)=CNNN=NN)c1. The van der Waals surface area contributed by atoms with Crippen molar-refractivity contribution in [3.05, 3.63) is 35.7 Å². The molecule has 1 atom stereocenters. The van der Waals surface area contributed by atoms with Crippen molar-refractivity contribution in [3.63, 3.8) is 0 Å². The van der Waals surface area contributed by atoms with Gasteiger partial charge in [-0.1, -0.05) is 19.1 Å². The van der Waals surface area contributed by atoms with E-state index in [0.29, 0.717) is 30.9 Å². The van der Waals surface area contributed by atoms with Crippen LogP contribution in [0.3, 0.4) is 0 Å². The number of ether oxygens (including phenoxy) is 1. The summed E-state index contributed by atoms with van der Waals surface area (Å²) in [5.74, 6) is 5.17. The highest BCUT2D eigenvalue weighted by molar-refractivity contribution is 5.98. The van der Waals surface area contributed by atoms with E-state index in [9.17, 15) is 9.90 Å². The second-order valence-corrected chi connectivity index (χ2v) is 7.36. The molecule has 0 fully saturated rings. The highest BCUT2D eigenvalue weighted by Gasteiger charge is 2.21. The Kier molecular flexibility index (Phi) is 12.3. The molecule has 0 aliphatic carbocycles. The first-order valence-corrected chi connectivity index (χ1v) is 10.4. The van der Waals surface area contributed by atoms with Crippen LogP contribution in [0.25, 0.3) is 0 Å². The van der Waals surface area contributed by atoms with Crippen LogP contribution in [0.15, 0.2) is 40.6 Å². The van der Waals surface area contributed by atoms with Gasteiger partial charge in [0, 0.05) is 12.7 Å². The zero-order valence-electron chi connectivity index (χ0n) is 18.5. The standard InChI is InChI=1S/C20H36N8O3/c1-14(2)11-17(18(29)13-24-27-28-26-22)25-20(30)16-12-15(23-3)7-8-19(16)31-10-6-4-5-9-21/h7-8,12-14,17,23,29H,4-6,9-11,21H2,1-3H3,(H,25,30)(H,26,27)(H3,22,24,28)/t17-/m0/s1. The zero-order valence-corrected chi connectivity index (χ0v) is 18.5. The van der Waals surface area contributed by atoms with E-state index >= 15 is 0 Å². The van der Waals surface area contributed by atoms with Gasteiger partial charge in [-0.05, 0) is 61.6 Å². The lowest BCUT2D eigenvalue weighted by atomic mass is 10.0. The Morgan fingerprint density at radius 3 is 2.71 bits per heavy atom. The van der Waals surface area contributed by atoms with Crippen molar-refractivity contribution in [1.82, 2.24) is 16.3 Å². The number of hydrazine groups is 1. The lowest BCUT2D eigenvalue weighted by Gasteiger charge is -2.21. The molecule has 0 spiro atoms. The first-order valence-electron chi connectivity index (χ1n) is 10.4. The number of nitrogens with zero attached hydrogens (tertiary/aromatic N) is 2. The van der Waals surface area contributed by atoms with Crippen molar-refractivity contribution in [1.29, 1.82) is 0 Å². The second-order valence-electron chi connectivity index (χ2n) is 7.36. The van der Waals surface area contributed by atoms with Crippen LogP contribution in [0.5, 0.6) is 5.75 Å². The summed E-state index contributed by atoms with van der Waals surface area (Å²) in [6, 6.07) is 4.71. The average Bonchev–Trinajstić information content (AvgIpc) is 2.75. The van der Waals surface area contributed by atoms with Crippen molar-refractivity contribution in [2.75, 3.05) is 25.5 Å². The fourth-order valence-corrected chi connectivity index (χ4v) is 2.82. The number of carbonyl (C=O) groups excluding carboxylic acids is 1. The number of anilines is 1. The van der Waals surface area contributed by atoms with E-state index < -0.39 is 6.04 Å². The van der Waals surface area contributed by atoms with Gasteiger partial charge in [0.05, 0.1) is 24.4 Å². The third kappa shape index (κ3) is 9.90. The van der Waals surface area contributed by atoms with Gasteiger partial charge in [0.2, 0.25) is 0 Å². The van der Waals surface area contributed by atoms with Gasteiger partial charge in [-0.3, -0.25) is 10.2 Å². The van der Waals surface area contributed by atoms with Gasteiger partial charge in [0.1, 0.15) is 11.5 Å². The predicted octanol–water partition coefficient (Wildman–Crippen LogP) is 2.12. The largest absolute Gasteiger partial charge is 0.509 e. The first kappa shape index (κ1) is 25.8. The number of hydrogen-bond donors (Lipinski definition) is 7. The van der Waals surface area contributed by atoms with Crippen molar-refractivity contribution in [2.24, 2.45) is 27.9 Å². The number of nitrogens with two attached hydrogens (primary N) is 2. The Labute approximate surface area is 183 Å². The minimum Gasteiger partial charge on any atom is -0.509 e. The van der Waals surface area contributed by atoms with Crippen LogP contribution < -0.4 is 37.9 Å². The van der Waals surface area contributed by atoms with E-state index in [-0.39, 0.29) is 17.6 Å². The Hall–Kier alpha value is -3.21. The Bertz CT molecular complexity index is 724. The second kappa shape index (κ2) is 14.7. The molecule has 0 unspecified atom stereocenters. The average molecular weight is 437 g/mol. The number of rotatable bonds is 15. The molecule has 0 aliphatic heterocycles. The summed E-state index contributed by atoms with van der Waals surface area (Å²) in [5, 5.41) is 22.7. The lowest BCUT2D eigenvalue weighted by molar-refractivity contribution is 0.0924. The third-order valence-electron chi connectivity index (χ3n) is 4.38. The number of amides is 1. The normalized spacial score (nSPS) is 12.6. The van der Waals surface area contributed by atoms with Crippen LogP contribution in [-0.4, -0.2) is 37.3 Å². The molecule has 9 N–H and O–H groups in total. The first-order chi connectivity index (χ1) is 14.9. The minimum atomic E-state index is -0.618. The van der Waals surface area contributed by atoms with E-state index in [1.807, 2.05) is 19.9 Å². The van der Waals surface area contributed by atoms with Gasteiger partial charge >= 0.3 is 0 Å². The molecule has 0 saturated carbocycles. The minimum absolute atomic E-state index is 0.0733. The number of carbonyl (C=O) groups is 1. The number of unbranched alkanes of at least 4 members (excludes halogenated alkanes) is 2. The molecule has 0 saturated heterocycles. The molecule has 31 heavy (non-hydrogen) atoms. The van der Waals surface area contributed by atoms with Gasteiger partial charge in [-0.2, -0.15) is 0 Å². The highest BCUT2D eigenvalue weighted by Crippen LogP contribution is 2.24. The molecule has 1 rings (SSSR count). The molecular weight excluding hydrogens is 400 g/mol. The van der Waals surface area contributed by atoms with E-state index in [2.05, 4.69) is 32.0 Å². The molecular formula is C20H36N8O3. The van der Waals surface area contributed by atoms with Crippen LogP contribution in [0, 0.1) is 5.92 Å². The van der Waals surface area contributed by atoms with Gasteiger partial charge in [-0.25, -0.2) is 5.53 Å². The summed E-state index contributed by atoms with van der Waals surface area (Å²) < 4.78 is 5.86. The quantitative estimate of drug-likeness (QED) is 0.0720. The lowest BCUT2D eigenvalue weighted by Crippen LogP contribution is -2.38. The van der Waals surface area contributed by atoms with E-state index in [4.69, 9.17) is 16.3 Å². The molecule has 0 radical (unpaired) electrons. The molecule has 174 valence electrons. The zero-order chi connectivity index (χ0) is 23.1.